The Morgan fingerprint density at radius 2 is 1.90 bits per heavy atom. The van der Waals surface area contributed by atoms with Crippen molar-refractivity contribution in [1.82, 2.24) is 10.2 Å². The summed E-state index contributed by atoms with van der Waals surface area (Å²) in [6, 6.07) is 0.353. The van der Waals surface area contributed by atoms with Crippen molar-refractivity contribution >= 4 is 5.91 Å². The minimum absolute atomic E-state index is 0.0921. The lowest BCUT2D eigenvalue weighted by molar-refractivity contribution is -0.125. The van der Waals surface area contributed by atoms with Crippen molar-refractivity contribution in [3.8, 4) is 0 Å². The first kappa shape index (κ1) is 15.8. The molecule has 2 atom stereocenters. The van der Waals surface area contributed by atoms with Gasteiger partial charge in [0.25, 0.3) is 0 Å². The van der Waals surface area contributed by atoms with Gasteiger partial charge in [0.15, 0.2) is 0 Å². The minimum Gasteiger partial charge on any atom is -0.352 e. The lowest BCUT2D eigenvalue weighted by Gasteiger charge is -2.42. The Labute approximate surface area is 124 Å². The molecule has 3 nitrogen and oxygen atoms in total. The highest BCUT2D eigenvalue weighted by Crippen LogP contribution is 2.30. The second kappa shape index (κ2) is 6.93. The number of nitrogens with one attached hydrogen (secondary N) is 1. The first-order valence-electron chi connectivity index (χ1n) is 8.48. The second-order valence-electron chi connectivity index (χ2n) is 7.62. The Morgan fingerprint density at radius 1 is 1.20 bits per heavy atom. The molecule has 2 rings (SSSR count). The van der Waals surface area contributed by atoms with Gasteiger partial charge < -0.3 is 10.2 Å². The van der Waals surface area contributed by atoms with Crippen molar-refractivity contribution in [1.29, 1.82) is 0 Å². The van der Waals surface area contributed by atoms with Crippen LogP contribution in [0.1, 0.15) is 53.4 Å². The number of amides is 1. The molecule has 116 valence electrons. The van der Waals surface area contributed by atoms with Crippen LogP contribution in [0.4, 0.5) is 0 Å². The molecule has 1 saturated carbocycles. The van der Waals surface area contributed by atoms with Gasteiger partial charge in [-0.1, -0.05) is 34.1 Å². The van der Waals surface area contributed by atoms with Crippen molar-refractivity contribution in [3.63, 3.8) is 0 Å². The summed E-state index contributed by atoms with van der Waals surface area (Å²) in [5.41, 5.74) is 0. The number of likely N-dealkylation sites (tertiary alicyclic amines) is 1. The van der Waals surface area contributed by atoms with E-state index in [1.807, 2.05) is 13.8 Å². The molecule has 0 bridgehead atoms. The number of carbonyl (C=O) groups is 1. The van der Waals surface area contributed by atoms with E-state index in [1.54, 1.807) is 0 Å². The molecule has 0 radical (unpaired) electrons. The fourth-order valence-corrected chi connectivity index (χ4v) is 3.38. The lowest BCUT2D eigenvalue weighted by Crippen LogP contribution is -2.53. The molecule has 0 aromatic rings. The quantitative estimate of drug-likeness (QED) is 0.840. The van der Waals surface area contributed by atoms with E-state index in [1.165, 1.54) is 32.4 Å². The smallest absolute Gasteiger partial charge is 0.222 e. The summed E-state index contributed by atoms with van der Waals surface area (Å²) in [6.45, 7) is 12.1. The van der Waals surface area contributed by atoms with Crippen LogP contribution in [0.3, 0.4) is 0 Å². The van der Waals surface area contributed by atoms with Crippen LogP contribution in [0, 0.1) is 23.7 Å². The lowest BCUT2D eigenvalue weighted by atomic mass is 9.82. The fourth-order valence-electron chi connectivity index (χ4n) is 3.38. The van der Waals surface area contributed by atoms with Crippen LogP contribution in [-0.2, 0) is 4.79 Å². The van der Waals surface area contributed by atoms with E-state index in [0.717, 1.165) is 24.8 Å². The van der Waals surface area contributed by atoms with Gasteiger partial charge in [0, 0.05) is 31.6 Å². The van der Waals surface area contributed by atoms with Crippen LogP contribution in [-0.4, -0.2) is 36.5 Å². The third kappa shape index (κ3) is 4.21. The summed E-state index contributed by atoms with van der Waals surface area (Å²) < 4.78 is 0. The van der Waals surface area contributed by atoms with Gasteiger partial charge in [0.2, 0.25) is 5.91 Å². The van der Waals surface area contributed by atoms with Gasteiger partial charge in [-0.05, 0) is 37.0 Å². The first-order valence-corrected chi connectivity index (χ1v) is 8.48. The predicted molar refractivity (Wildman–Crippen MR) is 83.5 cm³/mol. The van der Waals surface area contributed by atoms with Gasteiger partial charge >= 0.3 is 0 Å². The molecule has 20 heavy (non-hydrogen) atoms. The van der Waals surface area contributed by atoms with E-state index in [9.17, 15) is 4.79 Å². The monoisotopic (exact) mass is 280 g/mol. The number of hydrogen-bond donors (Lipinski definition) is 1. The molecule has 1 N–H and O–H groups in total. The van der Waals surface area contributed by atoms with E-state index >= 15 is 0 Å². The fraction of sp³-hybridized carbons (Fsp3) is 0.941. The predicted octanol–water partition coefficient (Wildman–Crippen LogP) is 2.91. The van der Waals surface area contributed by atoms with Crippen molar-refractivity contribution in [2.24, 2.45) is 23.7 Å². The Balaban J connectivity index is 1.90. The molecule has 2 aliphatic rings. The van der Waals surface area contributed by atoms with E-state index in [2.05, 4.69) is 24.1 Å². The summed E-state index contributed by atoms with van der Waals surface area (Å²) in [6.07, 6.45) is 5.38. The maximum Gasteiger partial charge on any atom is 0.222 e. The van der Waals surface area contributed by atoms with E-state index in [0.29, 0.717) is 12.0 Å². The first-order chi connectivity index (χ1) is 9.45. The molecule has 1 aliphatic heterocycles. The van der Waals surface area contributed by atoms with Crippen molar-refractivity contribution in [3.05, 3.63) is 0 Å². The highest BCUT2D eigenvalue weighted by Gasteiger charge is 2.32. The number of rotatable bonds is 5. The average molecular weight is 280 g/mol. The molecule has 1 aliphatic carbocycles. The van der Waals surface area contributed by atoms with Gasteiger partial charge in [-0.25, -0.2) is 0 Å². The van der Waals surface area contributed by atoms with Crippen LogP contribution >= 0.6 is 0 Å². The van der Waals surface area contributed by atoms with Crippen LogP contribution < -0.4 is 5.32 Å². The summed E-state index contributed by atoms with van der Waals surface area (Å²) in [4.78, 5) is 14.6. The Hall–Kier alpha value is -0.570. The van der Waals surface area contributed by atoms with Gasteiger partial charge in [-0.3, -0.25) is 4.79 Å². The van der Waals surface area contributed by atoms with E-state index in [4.69, 9.17) is 0 Å². The summed E-state index contributed by atoms with van der Waals surface area (Å²) in [5.74, 6) is 2.65. The average Bonchev–Trinajstić information content (AvgIpc) is 2.33. The molecular weight excluding hydrogens is 248 g/mol. The van der Waals surface area contributed by atoms with Crippen LogP contribution in [0.5, 0.6) is 0 Å². The second-order valence-corrected chi connectivity index (χ2v) is 7.62. The molecule has 1 saturated heterocycles. The van der Waals surface area contributed by atoms with Crippen LogP contribution in [0.15, 0.2) is 0 Å². The van der Waals surface area contributed by atoms with E-state index in [-0.39, 0.29) is 11.8 Å². The molecule has 1 amide bonds. The number of nitrogens with zero attached hydrogens (tertiary/aromatic N) is 1. The van der Waals surface area contributed by atoms with Crippen LogP contribution in [0.2, 0.25) is 0 Å². The molecule has 2 fully saturated rings. The standard InChI is InChI=1S/C17H32N2O/c1-12(2)15-8-16(18-17(20)13(3)4)11-19(10-15)9-14-6-5-7-14/h12-16H,5-11H2,1-4H3,(H,18,20). The summed E-state index contributed by atoms with van der Waals surface area (Å²) in [5, 5.41) is 3.26. The highest BCUT2D eigenvalue weighted by atomic mass is 16.1. The van der Waals surface area contributed by atoms with Crippen LogP contribution in [0.25, 0.3) is 0 Å². The molecule has 0 spiro atoms. The minimum atomic E-state index is 0.0921. The zero-order valence-corrected chi connectivity index (χ0v) is 13.7. The molecule has 0 aromatic heterocycles. The summed E-state index contributed by atoms with van der Waals surface area (Å²) in [7, 11) is 0. The molecule has 3 heteroatoms. The number of piperidine rings is 1. The Morgan fingerprint density at radius 3 is 2.40 bits per heavy atom. The van der Waals surface area contributed by atoms with Gasteiger partial charge in [0.05, 0.1) is 0 Å². The molecule has 0 aromatic carbocycles. The summed E-state index contributed by atoms with van der Waals surface area (Å²) >= 11 is 0. The topological polar surface area (TPSA) is 32.3 Å². The van der Waals surface area contributed by atoms with Crippen molar-refractivity contribution in [2.75, 3.05) is 19.6 Å². The Kier molecular flexibility index (Phi) is 5.48. The maximum atomic E-state index is 12.0. The normalized spacial score (nSPS) is 28.7. The number of hydrogen-bond acceptors (Lipinski definition) is 2. The van der Waals surface area contributed by atoms with Crippen molar-refractivity contribution in [2.45, 2.75) is 59.4 Å². The van der Waals surface area contributed by atoms with Gasteiger partial charge in [-0.2, -0.15) is 0 Å². The third-order valence-corrected chi connectivity index (χ3v) is 5.11. The zero-order valence-electron chi connectivity index (χ0n) is 13.7. The number of carbonyl (C=O) groups excluding carboxylic acids is 1. The third-order valence-electron chi connectivity index (χ3n) is 5.11. The van der Waals surface area contributed by atoms with E-state index < -0.39 is 0 Å². The van der Waals surface area contributed by atoms with Gasteiger partial charge in [0.1, 0.15) is 0 Å². The highest BCUT2D eigenvalue weighted by molar-refractivity contribution is 5.78. The maximum absolute atomic E-state index is 12.0. The zero-order chi connectivity index (χ0) is 14.7. The largest absolute Gasteiger partial charge is 0.352 e. The van der Waals surface area contributed by atoms with Crippen molar-refractivity contribution < 1.29 is 4.79 Å². The molecular formula is C17H32N2O. The molecule has 2 unspecified atom stereocenters. The Bertz CT molecular complexity index is 323. The van der Waals surface area contributed by atoms with Gasteiger partial charge in [-0.15, -0.1) is 0 Å². The molecule has 1 heterocycles. The SMILES string of the molecule is CC(C)C(=O)NC1CC(C(C)C)CN(CC2CCC2)C1.